The summed E-state index contributed by atoms with van der Waals surface area (Å²) >= 11 is 6.54. The van der Waals surface area contributed by atoms with Crippen molar-refractivity contribution in [2.75, 3.05) is 10.6 Å². The molecule has 1 saturated heterocycles. The van der Waals surface area contributed by atoms with Crippen molar-refractivity contribution in [2.45, 2.75) is 169 Å². The van der Waals surface area contributed by atoms with E-state index in [9.17, 15) is 24.0 Å². The summed E-state index contributed by atoms with van der Waals surface area (Å²) in [6, 6.07) is 9.04. The number of hydrogen-bond acceptors (Lipinski definition) is 7. The van der Waals surface area contributed by atoms with Crippen molar-refractivity contribution >= 4 is 52.6 Å². The highest BCUT2D eigenvalue weighted by Crippen LogP contribution is 2.37. The first-order chi connectivity index (χ1) is 26.2. The first-order valence-electron chi connectivity index (χ1n) is 20.5. The molecule has 304 valence electrons. The van der Waals surface area contributed by atoms with Crippen LogP contribution in [0.15, 0.2) is 36.4 Å². The van der Waals surface area contributed by atoms with Crippen molar-refractivity contribution in [3.05, 3.63) is 52.5 Å². The number of unbranched alkanes of at least 4 members (excludes halogenated alkanes) is 6. The SMILES string of the molecule is CCCCCc1ccc(OC(CC)C(=O)Nc2ccc(Cl)c(NC(=O)C(C(=O)C(C)(C)C)N3C(=O)OC(CCCC)(CCCC)C3=O)c2)c(CCCCC)c1. The largest absolute Gasteiger partial charge is 0.480 e. The fourth-order valence-electron chi connectivity index (χ4n) is 6.76. The van der Waals surface area contributed by atoms with Gasteiger partial charge in [-0.3, -0.25) is 19.2 Å². The Hall–Kier alpha value is -3.92. The van der Waals surface area contributed by atoms with Gasteiger partial charge in [0.25, 0.3) is 17.7 Å². The lowest BCUT2D eigenvalue weighted by molar-refractivity contribution is -0.147. The van der Waals surface area contributed by atoms with E-state index in [-0.39, 0.29) is 16.6 Å². The summed E-state index contributed by atoms with van der Waals surface area (Å²) in [5, 5.41) is 5.69. The van der Waals surface area contributed by atoms with Crippen LogP contribution in [0.2, 0.25) is 5.02 Å². The molecule has 1 heterocycles. The second-order valence-corrected chi connectivity index (χ2v) is 16.2. The Balaban J connectivity index is 1.86. The van der Waals surface area contributed by atoms with Gasteiger partial charge in [-0.2, -0.15) is 0 Å². The van der Waals surface area contributed by atoms with Gasteiger partial charge in [-0.1, -0.05) is 118 Å². The van der Waals surface area contributed by atoms with Crippen LogP contribution in [0.4, 0.5) is 16.2 Å². The van der Waals surface area contributed by atoms with Crippen molar-refractivity contribution in [1.29, 1.82) is 0 Å². The Kier molecular flexibility index (Phi) is 17.7. The molecule has 0 aliphatic carbocycles. The molecule has 55 heavy (non-hydrogen) atoms. The number of benzene rings is 2. The van der Waals surface area contributed by atoms with E-state index in [1.54, 1.807) is 26.8 Å². The van der Waals surface area contributed by atoms with Crippen molar-refractivity contribution in [1.82, 2.24) is 4.90 Å². The lowest BCUT2D eigenvalue weighted by Crippen LogP contribution is -2.56. The molecule has 0 bridgehead atoms. The number of cyclic esters (lactones) is 1. The summed E-state index contributed by atoms with van der Waals surface area (Å²) in [4.78, 5) is 69.8. The lowest BCUT2D eigenvalue weighted by atomic mass is 9.84. The number of amides is 4. The van der Waals surface area contributed by atoms with Crippen LogP contribution >= 0.6 is 11.6 Å². The van der Waals surface area contributed by atoms with Crippen LogP contribution in [0.3, 0.4) is 0 Å². The molecule has 3 rings (SSSR count). The molecule has 11 heteroatoms. The predicted molar refractivity (Wildman–Crippen MR) is 220 cm³/mol. The fourth-order valence-corrected chi connectivity index (χ4v) is 6.92. The molecule has 2 unspecified atom stereocenters. The second-order valence-electron chi connectivity index (χ2n) is 15.8. The van der Waals surface area contributed by atoms with Gasteiger partial charge in [-0.25, -0.2) is 9.69 Å². The third kappa shape index (κ3) is 12.3. The Morgan fingerprint density at radius 1 is 0.800 bits per heavy atom. The Bertz CT molecular complexity index is 1630. The molecule has 2 atom stereocenters. The number of carbonyl (C=O) groups is 5. The molecule has 0 spiro atoms. The molecule has 0 saturated carbocycles. The highest BCUT2D eigenvalue weighted by Gasteiger charge is 2.58. The number of carbonyl (C=O) groups excluding carboxylic acids is 5. The van der Waals surface area contributed by atoms with Gasteiger partial charge in [0.05, 0.1) is 10.7 Å². The molecule has 10 nitrogen and oxygen atoms in total. The number of anilines is 2. The Morgan fingerprint density at radius 3 is 2.00 bits per heavy atom. The number of hydrogen-bond donors (Lipinski definition) is 2. The topological polar surface area (TPSA) is 131 Å². The monoisotopic (exact) mass is 781 g/mol. The summed E-state index contributed by atoms with van der Waals surface area (Å²) in [6.45, 7) is 15.0. The maximum atomic E-state index is 14.1. The van der Waals surface area contributed by atoms with Crippen LogP contribution in [0, 0.1) is 5.41 Å². The number of nitrogens with zero attached hydrogens (tertiary/aromatic N) is 1. The summed E-state index contributed by atoms with van der Waals surface area (Å²) < 4.78 is 12.1. The summed E-state index contributed by atoms with van der Waals surface area (Å²) in [5.41, 5.74) is 0.246. The highest BCUT2D eigenvalue weighted by molar-refractivity contribution is 6.34. The molecule has 4 amide bonds. The minimum Gasteiger partial charge on any atom is -0.480 e. The van der Waals surface area contributed by atoms with E-state index in [0.29, 0.717) is 48.4 Å². The molecule has 0 radical (unpaired) electrons. The number of ketones is 1. The van der Waals surface area contributed by atoms with Gasteiger partial charge < -0.3 is 20.1 Å². The van der Waals surface area contributed by atoms with Crippen molar-refractivity contribution < 1.29 is 33.4 Å². The van der Waals surface area contributed by atoms with Crippen LogP contribution in [0.5, 0.6) is 5.75 Å². The van der Waals surface area contributed by atoms with Crippen molar-refractivity contribution in [3.8, 4) is 5.75 Å². The van der Waals surface area contributed by atoms with Crippen LogP contribution in [-0.4, -0.2) is 52.2 Å². The van der Waals surface area contributed by atoms with E-state index in [4.69, 9.17) is 21.1 Å². The Labute approximate surface area is 333 Å². The molecular weight excluding hydrogens is 718 g/mol. The van der Waals surface area contributed by atoms with Crippen LogP contribution in [0.25, 0.3) is 0 Å². The van der Waals surface area contributed by atoms with Crippen molar-refractivity contribution in [3.63, 3.8) is 0 Å². The van der Waals surface area contributed by atoms with E-state index < -0.39 is 46.9 Å². The smallest absolute Gasteiger partial charge is 0.418 e. The predicted octanol–water partition coefficient (Wildman–Crippen LogP) is 10.6. The van der Waals surface area contributed by atoms with Crippen LogP contribution < -0.4 is 15.4 Å². The number of Topliss-reactive ketones (excluding diaryl/α,β-unsaturated/α-hetero) is 1. The molecule has 2 N–H and O–H groups in total. The van der Waals surface area contributed by atoms with Gasteiger partial charge >= 0.3 is 6.09 Å². The number of ether oxygens (including phenoxy) is 2. The number of aryl methyl sites for hydroxylation is 2. The summed E-state index contributed by atoms with van der Waals surface area (Å²) in [5.74, 6) is -1.92. The zero-order valence-corrected chi connectivity index (χ0v) is 35.2. The number of rotatable bonds is 23. The highest BCUT2D eigenvalue weighted by atomic mass is 35.5. The van der Waals surface area contributed by atoms with Gasteiger partial charge in [-0.15, -0.1) is 0 Å². The maximum absolute atomic E-state index is 14.1. The van der Waals surface area contributed by atoms with Gasteiger partial charge in [0.2, 0.25) is 0 Å². The quantitative estimate of drug-likeness (QED) is 0.0847. The first kappa shape index (κ1) is 45.5. The summed E-state index contributed by atoms with van der Waals surface area (Å²) in [7, 11) is 0. The molecular formula is C44H64ClN3O7. The van der Waals surface area contributed by atoms with Crippen molar-refractivity contribution in [2.24, 2.45) is 5.41 Å². The molecule has 2 aromatic carbocycles. The van der Waals surface area contributed by atoms with E-state index in [1.165, 1.54) is 24.1 Å². The Morgan fingerprint density at radius 2 is 1.42 bits per heavy atom. The molecule has 0 aromatic heterocycles. The normalized spacial score (nSPS) is 15.0. The standard InChI is InChI=1S/C44H64ClN3O7/c1-9-14-18-20-30-22-25-36(31(28-30)21-19-15-10-2)54-35(13-5)39(50)46-32-23-24-33(45)34(29-32)47-40(51)37(38(49)43(6,7)8)48-41(52)44(26-16-11-3,27-17-12-4)55-42(48)53/h22-25,28-29,35,37H,9-21,26-27H2,1-8H3,(H,46,50)(H,47,51). The van der Waals surface area contributed by atoms with Gasteiger partial charge in [0.15, 0.2) is 23.5 Å². The van der Waals surface area contributed by atoms with Crippen LogP contribution in [0.1, 0.15) is 150 Å². The van der Waals surface area contributed by atoms with E-state index in [2.05, 4.69) is 36.6 Å². The summed E-state index contributed by atoms with van der Waals surface area (Å²) in [6.07, 6.45) is 10.5. The average molecular weight is 782 g/mol. The van der Waals surface area contributed by atoms with Gasteiger partial charge in [0, 0.05) is 11.1 Å². The minimum atomic E-state index is -1.80. The first-order valence-corrected chi connectivity index (χ1v) is 20.8. The fraction of sp³-hybridized carbons (Fsp3) is 0.614. The number of nitrogens with one attached hydrogen (secondary N) is 2. The number of imide groups is 1. The molecule has 2 aromatic rings. The zero-order valence-electron chi connectivity index (χ0n) is 34.4. The molecule has 1 aliphatic heterocycles. The third-order valence-electron chi connectivity index (χ3n) is 10.1. The van der Waals surface area contributed by atoms with Gasteiger partial charge in [0.1, 0.15) is 5.75 Å². The van der Waals surface area contributed by atoms with E-state index >= 15 is 0 Å². The minimum absolute atomic E-state index is 0.0882. The zero-order chi connectivity index (χ0) is 40.8. The van der Waals surface area contributed by atoms with E-state index in [1.807, 2.05) is 26.8 Å². The van der Waals surface area contributed by atoms with Gasteiger partial charge in [-0.05, 0) is 93.2 Å². The molecule has 1 aliphatic rings. The third-order valence-corrected chi connectivity index (χ3v) is 10.4. The lowest BCUT2D eigenvalue weighted by Gasteiger charge is -2.29. The molecule has 1 fully saturated rings. The maximum Gasteiger partial charge on any atom is 0.418 e. The second kappa shape index (κ2) is 21.4. The van der Waals surface area contributed by atoms with E-state index in [0.717, 1.165) is 63.4 Å². The van der Waals surface area contributed by atoms with Crippen LogP contribution in [-0.2, 0) is 36.8 Å². The number of halogens is 1. The average Bonchev–Trinajstić information content (AvgIpc) is 3.38.